The molecule has 2 N–H and O–H groups in total. The molecule has 1 unspecified atom stereocenters. The number of rotatable bonds is 1. The van der Waals surface area contributed by atoms with Crippen LogP contribution in [0.2, 0.25) is 0 Å². The van der Waals surface area contributed by atoms with E-state index in [2.05, 4.69) is 35.6 Å². The summed E-state index contributed by atoms with van der Waals surface area (Å²) in [7, 11) is 0. The summed E-state index contributed by atoms with van der Waals surface area (Å²) in [5.74, 6) is 1.58. The number of nitrogens with two attached hydrogens (primary N) is 1. The fourth-order valence-corrected chi connectivity index (χ4v) is 2.26. The Balaban J connectivity index is 2.23. The first-order valence-electron chi connectivity index (χ1n) is 6.21. The third-order valence-electron chi connectivity index (χ3n) is 3.97. The van der Waals surface area contributed by atoms with Crippen molar-refractivity contribution in [3.63, 3.8) is 0 Å². The van der Waals surface area contributed by atoms with Crippen LogP contribution in [0.1, 0.15) is 32.8 Å². The molecule has 2 rings (SSSR count). The summed E-state index contributed by atoms with van der Waals surface area (Å²) < 4.78 is 0. The summed E-state index contributed by atoms with van der Waals surface area (Å²) in [5.41, 5.74) is 6.31. The topological polar surface area (TPSA) is 78.8 Å². The number of piperidine rings is 1. The smallest absolute Gasteiger partial charge is 0.227 e. The number of hydrogen-bond acceptors (Lipinski definition) is 5. The SMILES string of the molecule is CC1CCN(c2ncc(C#N)c(N)n2)CC1(C)C. The maximum absolute atomic E-state index is 8.81. The molecule has 2 heterocycles. The van der Waals surface area contributed by atoms with E-state index < -0.39 is 0 Å². The van der Waals surface area contributed by atoms with Crippen LogP contribution < -0.4 is 10.6 Å². The predicted molar refractivity (Wildman–Crippen MR) is 70.9 cm³/mol. The molecule has 5 nitrogen and oxygen atoms in total. The van der Waals surface area contributed by atoms with Crippen LogP contribution in [0, 0.1) is 22.7 Å². The zero-order valence-corrected chi connectivity index (χ0v) is 11.1. The molecule has 1 aliphatic rings. The van der Waals surface area contributed by atoms with E-state index in [1.807, 2.05) is 6.07 Å². The number of nitrogens with zero attached hydrogens (tertiary/aromatic N) is 4. The fourth-order valence-electron chi connectivity index (χ4n) is 2.26. The first kappa shape index (κ1) is 12.6. The summed E-state index contributed by atoms with van der Waals surface area (Å²) >= 11 is 0. The third-order valence-corrected chi connectivity index (χ3v) is 3.97. The number of nitrogen functional groups attached to an aromatic ring is 1. The number of nitriles is 1. The molecule has 96 valence electrons. The maximum Gasteiger partial charge on any atom is 0.227 e. The van der Waals surface area contributed by atoms with Crippen LogP contribution in [0.15, 0.2) is 6.20 Å². The zero-order chi connectivity index (χ0) is 13.3. The van der Waals surface area contributed by atoms with Gasteiger partial charge in [-0.15, -0.1) is 0 Å². The summed E-state index contributed by atoms with van der Waals surface area (Å²) in [6.45, 7) is 8.66. The molecule has 0 spiro atoms. The van der Waals surface area contributed by atoms with Gasteiger partial charge in [-0.2, -0.15) is 10.2 Å². The van der Waals surface area contributed by atoms with E-state index in [-0.39, 0.29) is 11.2 Å². The lowest BCUT2D eigenvalue weighted by Gasteiger charge is -2.42. The van der Waals surface area contributed by atoms with Gasteiger partial charge < -0.3 is 10.6 Å². The number of aromatic nitrogens is 2. The minimum absolute atomic E-state index is 0.240. The quantitative estimate of drug-likeness (QED) is 0.816. The maximum atomic E-state index is 8.81. The second kappa shape index (κ2) is 4.45. The van der Waals surface area contributed by atoms with Crippen molar-refractivity contribution in [1.29, 1.82) is 5.26 Å². The summed E-state index contributed by atoms with van der Waals surface area (Å²) in [6.07, 6.45) is 2.62. The lowest BCUT2D eigenvalue weighted by atomic mass is 9.75. The Bertz CT molecular complexity index is 489. The Morgan fingerprint density at radius 2 is 2.28 bits per heavy atom. The van der Waals surface area contributed by atoms with E-state index in [4.69, 9.17) is 11.0 Å². The van der Waals surface area contributed by atoms with Gasteiger partial charge in [-0.05, 0) is 17.8 Å². The first-order valence-corrected chi connectivity index (χ1v) is 6.21. The van der Waals surface area contributed by atoms with Crippen molar-refractivity contribution in [2.45, 2.75) is 27.2 Å². The van der Waals surface area contributed by atoms with Gasteiger partial charge in [0, 0.05) is 13.1 Å². The molecule has 5 heteroatoms. The lowest BCUT2D eigenvalue weighted by molar-refractivity contribution is 0.192. The average molecular weight is 245 g/mol. The molecule has 0 saturated carbocycles. The van der Waals surface area contributed by atoms with Crippen molar-refractivity contribution in [2.75, 3.05) is 23.7 Å². The Hall–Kier alpha value is -1.83. The van der Waals surface area contributed by atoms with Gasteiger partial charge in [0.1, 0.15) is 17.5 Å². The Morgan fingerprint density at radius 3 is 2.83 bits per heavy atom. The highest BCUT2D eigenvalue weighted by Crippen LogP contribution is 2.35. The van der Waals surface area contributed by atoms with Gasteiger partial charge in [0.15, 0.2) is 0 Å². The predicted octanol–water partition coefficient (Wildman–Crippen LogP) is 1.80. The normalized spacial score (nSPS) is 22.6. The van der Waals surface area contributed by atoms with E-state index in [9.17, 15) is 0 Å². The Labute approximate surface area is 108 Å². The van der Waals surface area contributed by atoms with Crippen LogP contribution >= 0.6 is 0 Å². The molecule has 1 fully saturated rings. The second-order valence-electron chi connectivity index (χ2n) is 5.68. The van der Waals surface area contributed by atoms with Crippen LogP contribution in [0.4, 0.5) is 11.8 Å². The highest BCUT2D eigenvalue weighted by atomic mass is 15.3. The minimum atomic E-state index is 0.240. The van der Waals surface area contributed by atoms with Crippen molar-refractivity contribution in [1.82, 2.24) is 9.97 Å². The molecule has 0 aliphatic carbocycles. The van der Waals surface area contributed by atoms with E-state index in [0.29, 0.717) is 17.4 Å². The van der Waals surface area contributed by atoms with Crippen molar-refractivity contribution in [3.05, 3.63) is 11.8 Å². The highest BCUT2D eigenvalue weighted by molar-refractivity contribution is 5.50. The molecule has 0 aromatic carbocycles. The van der Waals surface area contributed by atoms with Gasteiger partial charge >= 0.3 is 0 Å². The van der Waals surface area contributed by atoms with Gasteiger partial charge in [0.25, 0.3) is 0 Å². The molecule has 1 saturated heterocycles. The van der Waals surface area contributed by atoms with E-state index >= 15 is 0 Å². The summed E-state index contributed by atoms with van der Waals surface area (Å²) in [5, 5.41) is 8.81. The molecule has 1 aliphatic heterocycles. The summed E-state index contributed by atoms with van der Waals surface area (Å²) in [4.78, 5) is 10.6. The van der Waals surface area contributed by atoms with Crippen molar-refractivity contribution in [3.8, 4) is 6.07 Å². The lowest BCUT2D eigenvalue weighted by Crippen LogP contribution is -2.45. The highest BCUT2D eigenvalue weighted by Gasteiger charge is 2.33. The number of hydrogen-bond donors (Lipinski definition) is 1. The van der Waals surface area contributed by atoms with Crippen molar-refractivity contribution < 1.29 is 0 Å². The molecule has 1 atom stereocenters. The van der Waals surface area contributed by atoms with Crippen LogP contribution in [0.3, 0.4) is 0 Å². The van der Waals surface area contributed by atoms with Crippen LogP contribution in [0.5, 0.6) is 0 Å². The van der Waals surface area contributed by atoms with Gasteiger partial charge in [-0.3, -0.25) is 0 Å². The summed E-state index contributed by atoms with van der Waals surface area (Å²) in [6, 6.07) is 1.98. The van der Waals surface area contributed by atoms with E-state index in [0.717, 1.165) is 19.5 Å². The van der Waals surface area contributed by atoms with Gasteiger partial charge in [0.05, 0.1) is 6.20 Å². The average Bonchev–Trinajstić information content (AvgIpc) is 2.32. The molecule has 0 amide bonds. The third kappa shape index (κ3) is 2.23. The van der Waals surface area contributed by atoms with Crippen LogP contribution in [-0.2, 0) is 0 Å². The zero-order valence-electron chi connectivity index (χ0n) is 11.1. The molecule has 1 aromatic heterocycles. The molecular formula is C13H19N5. The molecule has 18 heavy (non-hydrogen) atoms. The van der Waals surface area contributed by atoms with E-state index in [1.54, 1.807) is 0 Å². The Morgan fingerprint density at radius 1 is 1.56 bits per heavy atom. The fraction of sp³-hybridized carbons (Fsp3) is 0.615. The van der Waals surface area contributed by atoms with Gasteiger partial charge in [0.2, 0.25) is 5.95 Å². The molecule has 0 radical (unpaired) electrons. The monoisotopic (exact) mass is 245 g/mol. The standard InChI is InChI=1S/C13H19N5/c1-9-4-5-18(8-13(9,2)3)12-16-7-10(6-14)11(15)17-12/h7,9H,4-5,8H2,1-3H3,(H2,15,16,17). The van der Waals surface area contributed by atoms with Crippen LogP contribution in [-0.4, -0.2) is 23.1 Å². The second-order valence-corrected chi connectivity index (χ2v) is 5.68. The van der Waals surface area contributed by atoms with Crippen molar-refractivity contribution >= 4 is 11.8 Å². The molecule has 1 aromatic rings. The van der Waals surface area contributed by atoms with Gasteiger partial charge in [-0.1, -0.05) is 20.8 Å². The minimum Gasteiger partial charge on any atom is -0.382 e. The number of anilines is 2. The van der Waals surface area contributed by atoms with E-state index in [1.165, 1.54) is 6.20 Å². The largest absolute Gasteiger partial charge is 0.382 e. The van der Waals surface area contributed by atoms with Gasteiger partial charge in [-0.25, -0.2) is 4.98 Å². The molecular weight excluding hydrogens is 226 g/mol. The van der Waals surface area contributed by atoms with Crippen molar-refractivity contribution in [2.24, 2.45) is 11.3 Å². The Kier molecular flexibility index (Phi) is 3.12. The van der Waals surface area contributed by atoms with Crippen LogP contribution in [0.25, 0.3) is 0 Å². The molecule has 0 bridgehead atoms. The first-order chi connectivity index (χ1) is 8.44.